The number of nitrogens with one attached hydrogen (secondary N) is 1. The van der Waals surface area contributed by atoms with Crippen LogP contribution in [0.3, 0.4) is 0 Å². The molecular formula is C16H22N2O4. The van der Waals surface area contributed by atoms with Crippen molar-refractivity contribution in [2.75, 3.05) is 20.7 Å². The lowest BCUT2D eigenvalue weighted by Crippen LogP contribution is -2.48. The molecule has 6 heteroatoms. The van der Waals surface area contributed by atoms with Gasteiger partial charge in [-0.2, -0.15) is 0 Å². The van der Waals surface area contributed by atoms with Crippen molar-refractivity contribution in [2.24, 2.45) is 0 Å². The normalized spacial score (nSPS) is 24.0. The van der Waals surface area contributed by atoms with Crippen molar-refractivity contribution in [2.45, 2.75) is 31.1 Å². The molecule has 0 aliphatic heterocycles. The highest BCUT2D eigenvalue weighted by atomic mass is 16.5. The number of benzene rings is 1. The van der Waals surface area contributed by atoms with Gasteiger partial charge in [0, 0.05) is 19.7 Å². The van der Waals surface area contributed by atoms with Gasteiger partial charge in [-0.25, -0.2) is 0 Å². The van der Waals surface area contributed by atoms with Crippen molar-refractivity contribution in [3.63, 3.8) is 0 Å². The molecule has 1 aromatic rings. The number of hydrogen-bond acceptors (Lipinski definition) is 4. The minimum Gasteiger partial charge on any atom is -0.388 e. The molecule has 22 heavy (non-hydrogen) atoms. The van der Waals surface area contributed by atoms with E-state index in [4.69, 9.17) is 4.74 Å². The van der Waals surface area contributed by atoms with Gasteiger partial charge in [-0.1, -0.05) is 18.2 Å². The van der Waals surface area contributed by atoms with Gasteiger partial charge in [0.25, 0.3) is 5.91 Å². The summed E-state index contributed by atoms with van der Waals surface area (Å²) in [4.78, 5) is 25.6. The van der Waals surface area contributed by atoms with E-state index in [1.54, 1.807) is 38.4 Å². The Morgan fingerprint density at radius 3 is 2.59 bits per heavy atom. The molecule has 1 fully saturated rings. The van der Waals surface area contributed by atoms with Crippen molar-refractivity contribution in [1.82, 2.24) is 10.2 Å². The number of methoxy groups -OCH3 is 1. The fourth-order valence-corrected chi connectivity index (χ4v) is 2.76. The zero-order chi connectivity index (χ0) is 16.1. The Morgan fingerprint density at radius 1 is 1.32 bits per heavy atom. The standard InChI is InChI=1S/C16H22N2O4/c1-18(12-8-9-13(22-2)15(12)20)14(19)10-17-16(21)11-6-4-3-5-7-11/h3-7,12-13,15,20H,8-10H2,1-2H3,(H,17,21)/t12-,13-,15-/m1/s1. The van der Waals surface area contributed by atoms with Gasteiger partial charge in [-0.05, 0) is 25.0 Å². The van der Waals surface area contributed by atoms with E-state index in [1.807, 2.05) is 6.07 Å². The average molecular weight is 306 g/mol. The van der Waals surface area contributed by atoms with Crippen LogP contribution in [0.5, 0.6) is 0 Å². The van der Waals surface area contributed by atoms with Crippen molar-refractivity contribution in [3.8, 4) is 0 Å². The van der Waals surface area contributed by atoms with Gasteiger partial charge in [-0.15, -0.1) is 0 Å². The van der Waals surface area contributed by atoms with Gasteiger partial charge in [0.15, 0.2) is 0 Å². The fraction of sp³-hybridized carbons (Fsp3) is 0.500. The molecule has 0 bridgehead atoms. The lowest BCUT2D eigenvalue weighted by Gasteiger charge is -2.28. The summed E-state index contributed by atoms with van der Waals surface area (Å²) in [6, 6.07) is 8.46. The topological polar surface area (TPSA) is 78.9 Å². The minimum absolute atomic E-state index is 0.0922. The van der Waals surface area contributed by atoms with Crippen LogP contribution in [0.4, 0.5) is 0 Å². The summed E-state index contributed by atoms with van der Waals surface area (Å²) in [6.45, 7) is -0.0922. The molecule has 0 unspecified atom stereocenters. The summed E-state index contributed by atoms with van der Waals surface area (Å²) in [5, 5.41) is 12.7. The predicted molar refractivity (Wildman–Crippen MR) is 81.4 cm³/mol. The Labute approximate surface area is 130 Å². The molecule has 120 valence electrons. The number of aliphatic hydroxyl groups is 1. The lowest BCUT2D eigenvalue weighted by atomic mass is 10.1. The molecule has 1 aliphatic carbocycles. The summed E-state index contributed by atoms with van der Waals surface area (Å²) in [6.07, 6.45) is 0.480. The zero-order valence-corrected chi connectivity index (χ0v) is 12.9. The summed E-state index contributed by atoms with van der Waals surface area (Å²) < 4.78 is 5.18. The summed E-state index contributed by atoms with van der Waals surface area (Å²) >= 11 is 0. The number of ether oxygens (including phenoxy) is 1. The molecule has 2 amide bonds. The second-order valence-electron chi connectivity index (χ2n) is 5.46. The van der Waals surface area contributed by atoms with E-state index in [2.05, 4.69) is 5.32 Å². The maximum absolute atomic E-state index is 12.2. The van der Waals surface area contributed by atoms with Gasteiger partial charge in [0.05, 0.1) is 18.7 Å². The molecule has 6 nitrogen and oxygen atoms in total. The molecule has 0 aromatic heterocycles. The van der Waals surface area contributed by atoms with Crippen LogP contribution in [0.25, 0.3) is 0 Å². The number of likely N-dealkylation sites (N-methyl/N-ethyl adjacent to an activating group) is 1. The Balaban J connectivity index is 1.86. The Kier molecular flexibility index (Phi) is 5.51. The largest absolute Gasteiger partial charge is 0.388 e. The molecule has 1 saturated carbocycles. The summed E-state index contributed by atoms with van der Waals surface area (Å²) in [7, 11) is 3.20. The molecule has 0 radical (unpaired) electrons. The highest BCUT2D eigenvalue weighted by Crippen LogP contribution is 2.25. The molecule has 1 aliphatic rings. The Morgan fingerprint density at radius 2 is 2.00 bits per heavy atom. The summed E-state index contributed by atoms with van der Waals surface area (Å²) in [5.74, 6) is -0.519. The third-order valence-corrected chi connectivity index (χ3v) is 4.15. The number of amides is 2. The van der Waals surface area contributed by atoms with E-state index in [0.717, 1.165) is 6.42 Å². The molecule has 2 N–H and O–H groups in total. The number of aliphatic hydroxyl groups excluding tert-OH is 1. The molecule has 2 rings (SSSR count). The first kappa shape index (κ1) is 16.5. The Bertz CT molecular complexity index is 520. The predicted octanol–water partition coefficient (Wildman–Crippen LogP) is 0.413. The average Bonchev–Trinajstić information content (AvgIpc) is 2.93. The number of carbonyl (C=O) groups is 2. The van der Waals surface area contributed by atoms with Gasteiger partial charge in [0.1, 0.15) is 6.10 Å². The number of hydrogen-bond donors (Lipinski definition) is 2. The smallest absolute Gasteiger partial charge is 0.251 e. The van der Waals surface area contributed by atoms with Crippen LogP contribution in [0.1, 0.15) is 23.2 Å². The first-order valence-electron chi connectivity index (χ1n) is 7.34. The van der Waals surface area contributed by atoms with Crippen LogP contribution in [-0.2, 0) is 9.53 Å². The first-order chi connectivity index (χ1) is 10.5. The summed E-state index contributed by atoms with van der Waals surface area (Å²) in [5.41, 5.74) is 0.512. The van der Waals surface area contributed by atoms with Gasteiger partial charge in [-0.3, -0.25) is 9.59 Å². The Hall–Kier alpha value is -1.92. The van der Waals surface area contributed by atoms with E-state index < -0.39 is 6.10 Å². The van der Waals surface area contributed by atoms with Crippen molar-refractivity contribution in [3.05, 3.63) is 35.9 Å². The van der Waals surface area contributed by atoms with Crippen molar-refractivity contribution < 1.29 is 19.4 Å². The van der Waals surface area contributed by atoms with Crippen LogP contribution in [-0.4, -0.2) is 60.8 Å². The third-order valence-electron chi connectivity index (χ3n) is 4.15. The van der Waals surface area contributed by atoms with Gasteiger partial charge in [0.2, 0.25) is 5.91 Å². The fourth-order valence-electron chi connectivity index (χ4n) is 2.76. The minimum atomic E-state index is -0.691. The molecule has 1 aromatic carbocycles. The van der Waals surface area contributed by atoms with E-state index in [9.17, 15) is 14.7 Å². The molecule has 0 spiro atoms. The number of nitrogens with zero attached hydrogens (tertiary/aromatic N) is 1. The first-order valence-corrected chi connectivity index (χ1v) is 7.34. The molecular weight excluding hydrogens is 284 g/mol. The third kappa shape index (κ3) is 3.64. The SMILES string of the molecule is CO[C@@H]1CC[C@@H](N(C)C(=O)CNC(=O)c2ccccc2)[C@H]1O. The highest BCUT2D eigenvalue weighted by Gasteiger charge is 2.38. The van der Waals surface area contributed by atoms with Crippen LogP contribution >= 0.6 is 0 Å². The van der Waals surface area contributed by atoms with E-state index in [-0.39, 0.29) is 30.5 Å². The maximum Gasteiger partial charge on any atom is 0.251 e. The second kappa shape index (κ2) is 7.38. The maximum atomic E-state index is 12.2. The molecule has 0 heterocycles. The van der Waals surface area contributed by atoms with Gasteiger partial charge < -0.3 is 20.1 Å². The quantitative estimate of drug-likeness (QED) is 0.826. The van der Waals surface area contributed by atoms with Crippen LogP contribution < -0.4 is 5.32 Å². The number of rotatable bonds is 5. The monoisotopic (exact) mass is 306 g/mol. The zero-order valence-electron chi connectivity index (χ0n) is 12.9. The van der Waals surface area contributed by atoms with Crippen LogP contribution in [0, 0.1) is 0 Å². The van der Waals surface area contributed by atoms with Crippen molar-refractivity contribution in [1.29, 1.82) is 0 Å². The van der Waals surface area contributed by atoms with Crippen LogP contribution in [0.2, 0.25) is 0 Å². The number of carbonyl (C=O) groups excluding carboxylic acids is 2. The van der Waals surface area contributed by atoms with E-state index >= 15 is 0 Å². The van der Waals surface area contributed by atoms with E-state index in [0.29, 0.717) is 12.0 Å². The second-order valence-corrected chi connectivity index (χ2v) is 5.46. The molecule has 0 saturated heterocycles. The lowest BCUT2D eigenvalue weighted by molar-refractivity contribution is -0.133. The highest BCUT2D eigenvalue weighted by molar-refractivity contribution is 5.96. The van der Waals surface area contributed by atoms with Crippen LogP contribution in [0.15, 0.2) is 30.3 Å². The van der Waals surface area contributed by atoms with Crippen molar-refractivity contribution >= 4 is 11.8 Å². The molecule has 3 atom stereocenters. The van der Waals surface area contributed by atoms with Gasteiger partial charge >= 0.3 is 0 Å². The van der Waals surface area contributed by atoms with E-state index in [1.165, 1.54) is 4.90 Å².